The number of benzene rings is 1. The van der Waals surface area contributed by atoms with Gasteiger partial charge in [0.05, 0.1) is 12.8 Å². The molecule has 0 unspecified atom stereocenters. The summed E-state index contributed by atoms with van der Waals surface area (Å²) in [6.45, 7) is 4.36. The van der Waals surface area contributed by atoms with Gasteiger partial charge in [-0.25, -0.2) is 0 Å². The lowest BCUT2D eigenvalue weighted by molar-refractivity contribution is 0.503. The maximum absolute atomic E-state index is 5.49. The van der Waals surface area contributed by atoms with Crippen LogP contribution in [0.25, 0.3) is 0 Å². The quantitative estimate of drug-likeness (QED) is 0.565. The van der Waals surface area contributed by atoms with E-state index in [1.807, 2.05) is 12.1 Å². The molecule has 2 aromatic heterocycles. The molecular formula is C24H28N6OS. The molecule has 1 aromatic carbocycles. The normalized spacial score (nSPS) is 15.9. The van der Waals surface area contributed by atoms with E-state index in [1.165, 1.54) is 30.4 Å². The van der Waals surface area contributed by atoms with Crippen molar-refractivity contribution in [1.82, 2.24) is 15.3 Å². The second kappa shape index (κ2) is 9.56. The maximum Gasteiger partial charge on any atom is 0.232 e. The zero-order chi connectivity index (χ0) is 21.8. The van der Waals surface area contributed by atoms with Crippen molar-refractivity contribution < 1.29 is 4.42 Å². The molecule has 0 bridgehead atoms. The van der Waals surface area contributed by atoms with E-state index in [2.05, 4.69) is 50.8 Å². The van der Waals surface area contributed by atoms with Gasteiger partial charge in [0, 0.05) is 32.2 Å². The third-order valence-corrected chi connectivity index (χ3v) is 6.31. The summed E-state index contributed by atoms with van der Waals surface area (Å²) in [5, 5.41) is 6.83. The van der Waals surface area contributed by atoms with E-state index in [0.717, 1.165) is 50.0 Å². The summed E-state index contributed by atoms with van der Waals surface area (Å²) in [5.41, 5.74) is 2.79. The van der Waals surface area contributed by atoms with Crippen LogP contribution in [0, 0.1) is 0 Å². The van der Waals surface area contributed by atoms with E-state index in [1.54, 1.807) is 6.26 Å². The highest BCUT2D eigenvalue weighted by molar-refractivity contribution is 7.80. The van der Waals surface area contributed by atoms with Gasteiger partial charge in [0.2, 0.25) is 5.95 Å². The molecule has 0 aliphatic carbocycles. The van der Waals surface area contributed by atoms with Crippen LogP contribution in [-0.2, 0) is 19.5 Å². The third-order valence-electron chi connectivity index (χ3n) is 6.06. The molecule has 3 aromatic rings. The summed E-state index contributed by atoms with van der Waals surface area (Å²) >= 11 is 5.49. The molecule has 8 heteroatoms. The number of anilines is 3. The van der Waals surface area contributed by atoms with Crippen LogP contribution in [-0.4, -0.2) is 34.7 Å². The number of aromatic nitrogens is 2. The first-order valence-electron chi connectivity index (χ1n) is 11.3. The average molecular weight is 449 g/mol. The zero-order valence-corrected chi connectivity index (χ0v) is 18.9. The SMILES string of the molecule is S=C(NCc1ccco1)Nc1nc(N2CCCCC2)cc(N2CCc3ccccc3C2)n1. The van der Waals surface area contributed by atoms with Gasteiger partial charge in [-0.05, 0) is 61.2 Å². The standard InChI is InChI=1S/C24H28N6OS/c32-24(25-16-20-9-6-14-31-20)28-23-26-21(29-11-4-1-5-12-29)15-22(27-23)30-13-10-18-7-2-3-8-19(18)17-30/h2-3,6-9,14-15H,1,4-5,10-13,16-17H2,(H2,25,26,27,28,32). The molecule has 7 nitrogen and oxygen atoms in total. The van der Waals surface area contributed by atoms with Crippen LogP contribution >= 0.6 is 12.2 Å². The number of nitrogens with one attached hydrogen (secondary N) is 2. The highest BCUT2D eigenvalue weighted by Gasteiger charge is 2.21. The maximum atomic E-state index is 5.49. The Balaban J connectivity index is 1.36. The minimum atomic E-state index is 0.479. The largest absolute Gasteiger partial charge is 0.467 e. The fourth-order valence-corrected chi connectivity index (χ4v) is 4.51. The number of hydrogen-bond donors (Lipinski definition) is 2. The molecule has 0 saturated carbocycles. The zero-order valence-electron chi connectivity index (χ0n) is 18.1. The summed E-state index contributed by atoms with van der Waals surface area (Å²) in [4.78, 5) is 14.3. The van der Waals surface area contributed by atoms with E-state index in [9.17, 15) is 0 Å². The highest BCUT2D eigenvalue weighted by atomic mass is 32.1. The first kappa shape index (κ1) is 20.8. The second-order valence-electron chi connectivity index (χ2n) is 8.28. The molecule has 0 amide bonds. The molecule has 166 valence electrons. The van der Waals surface area contributed by atoms with Crippen molar-refractivity contribution >= 4 is 34.9 Å². The van der Waals surface area contributed by atoms with Crippen molar-refractivity contribution in [3.8, 4) is 0 Å². The van der Waals surface area contributed by atoms with Gasteiger partial charge in [0.25, 0.3) is 0 Å². The summed E-state index contributed by atoms with van der Waals surface area (Å²) in [7, 11) is 0. The van der Waals surface area contributed by atoms with Crippen LogP contribution in [0.1, 0.15) is 36.1 Å². The lowest BCUT2D eigenvalue weighted by Crippen LogP contribution is -2.34. The van der Waals surface area contributed by atoms with E-state index < -0.39 is 0 Å². The fraction of sp³-hybridized carbons (Fsp3) is 0.375. The highest BCUT2D eigenvalue weighted by Crippen LogP contribution is 2.28. The van der Waals surface area contributed by atoms with Crippen LogP contribution < -0.4 is 20.4 Å². The van der Waals surface area contributed by atoms with E-state index >= 15 is 0 Å². The molecule has 1 fully saturated rings. The first-order chi connectivity index (χ1) is 15.7. The van der Waals surface area contributed by atoms with Gasteiger partial charge in [-0.1, -0.05) is 24.3 Å². The van der Waals surface area contributed by atoms with Crippen molar-refractivity contribution in [3.05, 3.63) is 65.6 Å². The topological polar surface area (TPSA) is 69.5 Å². The van der Waals surface area contributed by atoms with Crippen molar-refractivity contribution in [3.63, 3.8) is 0 Å². The molecule has 0 radical (unpaired) electrons. The molecule has 2 aliphatic rings. The average Bonchev–Trinajstić information content (AvgIpc) is 3.37. The number of thiocarbonyl (C=S) groups is 1. The van der Waals surface area contributed by atoms with Gasteiger partial charge < -0.3 is 24.9 Å². The van der Waals surface area contributed by atoms with Crippen LogP contribution in [0.5, 0.6) is 0 Å². The molecule has 32 heavy (non-hydrogen) atoms. The minimum Gasteiger partial charge on any atom is -0.467 e. The Bertz CT molecular complexity index is 1060. The molecule has 1 saturated heterocycles. The minimum absolute atomic E-state index is 0.479. The smallest absolute Gasteiger partial charge is 0.232 e. The number of furan rings is 1. The Kier molecular flexibility index (Phi) is 6.20. The monoisotopic (exact) mass is 448 g/mol. The van der Waals surface area contributed by atoms with E-state index in [4.69, 9.17) is 26.6 Å². The second-order valence-corrected chi connectivity index (χ2v) is 8.69. The Morgan fingerprint density at radius 3 is 2.50 bits per heavy atom. The van der Waals surface area contributed by atoms with Gasteiger partial charge in [-0.15, -0.1) is 0 Å². The van der Waals surface area contributed by atoms with Crippen LogP contribution in [0.4, 0.5) is 17.6 Å². The van der Waals surface area contributed by atoms with Gasteiger partial charge in [0.1, 0.15) is 17.4 Å². The predicted molar refractivity (Wildman–Crippen MR) is 131 cm³/mol. The van der Waals surface area contributed by atoms with Gasteiger partial charge in [-0.2, -0.15) is 9.97 Å². The third kappa shape index (κ3) is 4.85. The Labute approximate surface area is 193 Å². The lowest BCUT2D eigenvalue weighted by atomic mass is 10.00. The summed E-state index contributed by atoms with van der Waals surface area (Å²) < 4.78 is 5.37. The summed E-state index contributed by atoms with van der Waals surface area (Å²) in [6, 6.07) is 14.6. The summed E-state index contributed by atoms with van der Waals surface area (Å²) in [6.07, 6.45) is 6.35. The molecule has 2 N–H and O–H groups in total. The van der Waals surface area contributed by atoms with Crippen molar-refractivity contribution in [2.75, 3.05) is 34.8 Å². The Morgan fingerprint density at radius 2 is 1.72 bits per heavy atom. The molecule has 4 heterocycles. The Morgan fingerprint density at radius 1 is 0.938 bits per heavy atom. The van der Waals surface area contributed by atoms with Crippen molar-refractivity contribution in [2.45, 2.75) is 38.8 Å². The van der Waals surface area contributed by atoms with Crippen LogP contribution in [0.2, 0.25) is 0 Å². The molecule has 0 atom stereocenters. The number of hydrogen-bond acceptors (Lipinski definition) is 6. The fourth-order valence-electron chi connectivity index (χ4n) is 4.34. The number of nitrogens with zero attached hydrogens (tertiary/aromatic N) is 4. The van der Waals surface area contributed by atoms with E-state index in [-0.39, 0.29) is 0 Å². The van der Waals surface area contributed by atoms with Crippen molar-refractivity contribution in [2.24, 2.45) is 0 Å². The van der Waals surface area contributed by atoms with Gasteiger partial charge >= 0.3 is 0 Å². The lowest BCUT2D eigenvalue weighted by Gasteiger charge is -2.32. The van der Waals surface area contributed by atoms with Crippen LogP contribution in [0.3, 0.4) is 0 Å². The number of fused-ring (bicyclic) bond motifs is 1. The van der Waals surface area contributed by atoms with Crippen molar-refractivity contribution in [1.29, 1.82) is 0 Å². The van der Waals surface area contributed by atoms with Gasteiger partial charge in [0.15, 0.2) is 5.11 Å². The molecular weight excluding hydrogens is 420 g/mol. The number of piperidine rings is 1. The molecule has 0 spiro atoms. The van der Waals surface area contributed by atoms with Gasteiger partial charge in [-0.3, -0.25) is 0 Å². The van der Waals surface area contributed by atoms with Crippen LogP contribution in [0.15, 0.2) is 53.1 Å². The Hall–Kier alpha value is -3.13. The van der Waals surface area contributed by atoms with E-state index in [0.29, 0.717) is 17.6 Å². The molecule has 5 rings (SSSR count). The first-order valence-corrected chi connectivity index (χ1v) is 11.7. The number of rotatable bonds is 5. The summed E-state index contributed by atoms with van der Waals surface area (Å²) in [5.74, 6) is 3.25. The molecule has 2 aliphatic heterocycles. The predicted octanol–water partition coefficient (Wildman–Crippen LogP) is 4.11.